The van der Waals surface area contributed by atoms with Crippen LogP contribution in [0.5, 0.6) is 0 Å². The number of halogens is 2. The van der Waals surface area contributed by atoms with Crippen LogP contribution in [-0.2, 0) is 0 Å². The maximum Gasteiger partial charge on any atom is 0.269 e. The van der Waals surface area contributed by atoms with Crippen LogP contribution >= 0.6 is 12.4 Å². The predicted octanol–water partition coefficient (Wildman–Crippen LogP) is 3.74. The first-order valence-corrected chi connectivity index (χ1v) is 5.75. The lowest BCUT2D eigenvalue weighted by molar-refractivity contribution is -0.385. The van der Waals surface area contributed by atoms with Gasteiger partial charge in [0.25, 0.3) is 5.69 Å². The molecule has 6 heteroatoms. The van der Waals surface area contributed by atoms with Crippen LogP contribution in [0.15, 0.2) is 18.2 Å². The summed E-state index contributed by atoms with van der Waals surface area (Å²) in [5.41, 5.74) is 5.96. The number of non-ortho nitro benzene ring substituents is 1. The third-order valence-electron chi connectivity index (χ3n) is 2.71. The Labute approximate surface area is 112 Å². The summed E-state index contributed by atoms with van der Waals surface area (Å²) in [6, 6.07) is 3.01. The number of benzene rings is 1. The van der Waals surface area contributed by atoms with E-state index >= 15 is 0 Å². The maximum absolute atomic E-state index is 13.5. The van der Waals surface area contributed by atoms with Crippen molar-refractivity contribution in [2.45, 2.75) is 38.6 Å². The number of rotatable bonds is 6. The minimum Gasteiger partial charge on any atom is -0.324 e. The molecule has 4 nitrogen and oxygen atoms in total. The summed E-state index contributed by atoms with van der Waals surface area (Å²) in [7, 11) is 0. The molecular weight excluding hydrogens is 259 g/mol. The lowest BCUT2D eigenvalue weighted by Crippen LogP contribution is -2.12. The average Bonchev–Trinajstić information content (AvgIpc) is 2.29. The maximum atomic E-state index is 13.5. The number of nitrogens with two attached hydrogens (primary N) is 1. The Morgan fingerprint density at radius 1 is 1.44 bits per heavy atom. The molecule has 1 aromatic carbocycles. The molecule has 1 rings (SSSR count). The first kappa shape index (κ1) is 16.8. The van der Waals surface area contributed by atoms with Crippen LogP contribution in [0.3, 0.4) is 0 Å². The van der Waals surface area contributed by atoms with E-state index in [9.17, 15) is 14.5 Å². The minimum absolute atomic E-state index is 0. The molecule has 2 N–H and O–H groups in total. The van der Waals surface area contributed by atoms with Crippen molar-refractivity contribution in [3.8, 4) is 0 Å². The van der Waals surface area contributed by atoms with Gasteiger partial charge in [0, 0.05) is 23.7 Å². The summed E-state index contributed by atoms with van der Waals surface area (Å²) in [6.45, 7) is 2.07. The summed E-state index contributed by atoms with van der Waals surface area (Å²) in [5.74, 6) is -0.473. The normalized spacial score (nSPS) is 11.7. The van der Waals surface area contributed by atoms with Crippen LogP contribution in [0.4, 0.5) is 10.1 Å². The van der Waals surface area contributed by atoms with Gasteiger partial charge in [-0.05, 0) is 12.5 Å². The lowest BCUT2D eigenvalue weighted by atomic mass is 10.0. The predicted molar refractivity (Wildman–Crippen MR) is 71.4 cm³/mol. The van der Waals surface area contributed by atoms with Crippen molar-refractivity contribution >= 4 is 18.1 Å². The molecule has 18 heavy (non-hydrogen) atoms. The number of nitro benzene ring substituents is 1. The minimum atomic E-state index is -0.540. The first-order valence-electron chi connectivity index (χ1n) is 5.75. The summed E-state index contributed by atoms with van der Waals surface area (Å²) in [6.07, 6.45) is 3.64. The second-order valence-electron chi connectivity index (χ2n) is 4.07. The van der Waals surface area contributed by atoms with E-state index < -0.39 is 16.8 Å². The molecule has 0 bridgehead atoms. The van der Waals surface area contributed by atoms with Crippen LogP contribution in [0.25, 0.3) is 0 Å². The molecule has 0 aromatic heterocycles. The van der Waals surface area contributed by atoms with Crippen molar-refractivity contribution < 1.29 is 9.31 Å². The highest BCUT2D eigenvalue weighted by Gasteiger charge is 2.15. The molecule has 0 spiro atoms. The van der Waals surface area contributed by atoms with Crippen LogP contribution in [-0.4, -0.2) is 4.92 Å². The number of nitrogens with zero attached hydrogens (tertiary/aromatic N) is 1. The quantitative estimate of drug-likeness (QED) is 0.489. The Balaban J connectivity index is 0.00000289. The van der Waals surface area contributed by atoms with Gasteiger partial charge in [0.1, 0.15) is 5.82 Å². The monoisotopic (exact) mass is 276 g/mol. The van der Waals surface area contributed by atoms with Gasteiger partial charge in [-0.25, -0.2) is 4.39 Å². The number of nitro groups is 1. The Morgan fingerprint density at radius 2 is 2.11 bits per heavy atom. The standard InChI is InChI=1S/C12H17FN2O2.ClH/c1-2-3-4-5-12(14)10-8-9(15(16)17)6-7-11(10)13;/h6-8,12H,2-5,14H2,1H3;1H/t12-;/m1./s1. The summed E-state index contributed by atoms with van der Waals surface area (Å²) >= 11 is 0. The molecule has 0 saturated heterocycles. The highest BCUT2D eigenvalue weighted by molar-refractivity contribution is 5.85. The van der Waals surface area contributed by atoms with Gasteiger partial charge in [-0.3, -0.25) is 10.1 Å². The third-order valence-corrected chi connectivity index (χ3v) is 2.71. The molecule has 0 amide bonds. The number of hydrogen-bond donors (Lipinski definition) is 1. The Morgan fingerprint density at radius 3 is 2.67 bits per heavy atom. The van der Waals surface area contributed by atoms with Crippen molar-refractivity contribution in [2.24, 2.45) is 5.73 Å². The second kappa shape index (κ2) is 8.00. The summed E-state index contributed by atoms with van der Waals surface area (Å²) < 4.78 is 13.5. The molecule has 1 aromatic rings. The Bertz CT molecular complexity index is 402. The molecule has 0 aliphatic carbocycles. The lowest BCUT2D eigenvalue weighted by Gasteiger charge is -2.12. The van der Waals surface area contributed by atoms with Crippen molar-refractivity contribution in [3.63, 3.8) is 0 Å². The van der Waals surface area contributed by atoms with E-state index in [1.165, 1.54) is 6.07 Å². The smallest absolute Gasteiger partial charge is 0.269 e. The van der Waals surface area contributed by atoms with Gasteiger partial charge in [0.05, 0.1) is 4.92 Å². The van der Waals surface area contributed by atoms with Crippen LogP contribution in [0.2, 0.25) is 0 Å². The van der Waals surface area contributed by atoms with E-state index in [2.05, 4.69) is 6.92 Å². The second-order valence-corrected chi connectivity index (χ2v) is 4.07. The zero-order valence-corrected chi connectivity index (χ0v) is 11.1. The number of unbranched alkanes of at least 4 members (excludes halogenated alkanes) is 2. The molecule has 0 aliphatic rings. The van der Waals surface area contributed by atoms with E-state index in [4.69, 9.17) is 5.73 Å². The SMILES string of the molecule is CCCCC[C@@H](N)c1cc([N+](=O)[O-])ccc1F.Cl. The molecule has 0 fully saturated rings. The molecule has 102 valence electrons. The molecule has 1 atom stereocenters. The van der Waals surface area contributed by atoms with E-state index in [0.29, 0.717) is 6.42 Å². The van der Waals surface area contributed by atoms with Gasteiger partial charge in [0.15, 0.2) is 0 Å². The summed E-state index contributed by atoms with van der Waals surface area (Å²) in [5, 5.41) is 10.6. The number of hydrogen-bond acceptors (Lipinski definition) is 3. The van der Waals surface area contributed by atoms with Crippen molar-refractivity contribution in [1.29, 1.82) is 0 Å². The first-order chi connectivity index (χ1) is 8.06. The fourth-order valence-electron chi connectivity index (χ4n) is 1.70. The zero-order valence-electron chi connectivity index (χ0n) is 10.3. The molecule has 0 radical (unpaired) electrons. The van der Waals surface area contributed by atoms with Crippen LogP contribution < -0.4 is 5.73 Å². The van der Waals surface area contributed by atoms with E-state index in [1.807, 2.05) is 0 Å². The largest absolute Gasteiger partial charge is 0.324 e. The van der Waals surface area contributed by atoms with E-state index in [1.54, 1.807) is 0 Å². The van der Waals surface area contributed by atoms with Gasteiger partial charge >= 0.3 is 0 Å². The van der Waals surface area contributed by atoms with Crippen LogP contribution in [0.1, 0.15) is 44.2 Å². The van der Waals surface area contributed by atoms with Crippen molar-refractivity contribution in [2.75, 3.05) is 0 Å². The van der Waals surface area contributed by atoms with Crippen LogP contribution in [0, 0.1) is 15.9 Å². The fraction of sp³-hybridized carbons (Fsp3) is 0.500. The highest BCUT2D eigenvalue weighted by atomic mass is 35.5. The van der Waals surface area contributed by atoms with Crippen molar-refractivity contribution in [1.82, 2.24) is 0 Å². The molecular formula is C12H18ClFN2O2. The van der Waals surface area contributed by atoms with Gasteiger partial charge in [-0.15, -0.1) is 12.4 Å². The Hall–Kier alpha value is -1.20. The fourth-order valence-corrected chi connectivity index (χ4v) is 1.70. The highest BCUT2D eigenvalue weighted by Crippen LogP contribution is 2.24. The average molecular weight is 277 g/mol. The van der Waals surface area contributed by atoms with E-state index in [-0.39, 0.29) is 23.7 Å². The molecule has 0 unspecified atom stereocenters. The van der Waals surface area contributed by atoms with Gasteiger partial charge in [-0.1, -0.05) is 26.2 Å². The third kappa shape index (κ3) is 4.58. The Kier molecular flexibility index (Phi) is 7.47. The van der Waals surface area contributed by atoms with Gasteiger partial charge in [0.2, 0.25) is 0 Å². The van der Waals surface area contributed by atoms with E-state index in [0.717, 1.165) is 31.4 Å². The molecule has 0 saturated carbocycles. The topological polar surface area (TPSA) is 69.2 Å². The van der Waals surface area contributed by atoms with Gasteiger partial charge in [-0.2, -0.15) is 0 Å². The van der Waals surface area contributed by atoms with Gasteiger partial charge < -0.3 is 5.73 Å². The molecule has 0 heterocycles. The summed E-state index contributed by atoms with van der Waals surface area (Å²) in [4.78, 5) is 10.0. The molecule has 0 aliphatic heterocycles. The zero-order chi connectivity index (χ0) is 12.8. The van der Waals surface area contributed by atoms with Crippen molar-refractivity contribution in [3.05, 3.63) is 39.7 Å².